The minimum absolute atomic E-state index is 0.0319. The van der Waals surface area contributed by atoms with Gasteiger partial charge in [-0.3, -0.25) is 23.8 Å². The zero-order chi connectivity index (χ0) is 30.9. The number of phosphoric acid groups is 1. The maximum absolute atomic E-state index is 14.1. The van der Waals surface area contributed by atoms with E-state index in [-0.39, 0.29) is 36.6 Å². The quantitative estimate of drug-likeness (QED) is 0.159. The number of aromatic nitrogens is 1. The van der Waals surface area contributed by atoms with Gasteiger partial charge in [0.2, 0.25) is 18.0 Å². The number of halogens is 2. The van der Waals surface area contributed by atoms with Gasteiger partial charge in [0, 0.05) is 43.5 Å². The van der Waals surface area contributed by atoms with Gasteiger partial charge in [-0.1, -0.05) is 6.07 Å². The molecule has 5 rings (SSSR count). The second-order valence-electron chi connectivity index (χ2n) is 9.90. The SMILES string of the molecule is O=C(OCCOP(=O)([O-])O)OCOc1c2n(cc(C(=O)NCc3ccc(F)cc3F)c1=O)C[C@@H]1N(C[C@H]3CCCN31)C2=O. The van der Waals surface area contributed by atoms with Gasteiger partial charge in [-0.15, -0.1) is 0 Å². The smallest absolute Gasteiger partial charge is 0.511 e. The highest BCUT2D eigenvalue weighted by Crippen LogP contribution is 2.35. The molecule has 43 heavy (non-hydrogen) atoms. The fraction of sp³-hybridized carbons (Fsp3) is 0.440. The molecule has 1 unspecified atom stereocenters. The lowest BCUT2D eigenvalue weighted by Gasteiger charge is -2.36. The average molecular weight is 627 g/mol. The van der Waals surface area contributed by atoms with Crippen LogP contribution in [0.1, 0.15) is 39.3 Å². The number of fused-ring (bicyclic) bond motifs is 4. The zero-order valence-electron chi connectivity index (χ0n) is 22.4. The second kappa shape index (κ2) is 12.4. The van der Waals surface area contributed by atoms with E-state index >= 15 is 0 Å². The molecule has 1 aromatic carbocycles. The normalized spacial score (nSPS) is 20.6. The number of hydrogen-bond acceptors (Lipinski definition) is 11. The lowest BCUT2D eigenvalue weighted by molar-refractivity contribution is -0.220. The van der Waals surface area contributed by atoms with Crippen molar-refractivity contribution < 1.29 is 56.3 Å². The van der Waals surface area contributed by atoms with E-state index in [1.54, 1.807) is 4.90 Å². The Morgan fingerprint density at radius 3 is 2.70 bits per heavy atom. The molecule has 0 saturated carbocycles. The van der Waals surface area contributed by atoms with E-state index in [0.717, 1.165) is 31.5 Å². The Hall–Kier alpha value is -3.89. The van der Waals surface area contributed by atoms with Crippen LogP contribution in [0.25, 0.3) is 0 Å². The molecule has 2 N–H and O–H groups in total. The highest BCUT2D eigenvalue weighted by molar-refractivity contribution is 7.44. The van der Waals surface area contributed by atoms with Crippen LogP contribution >= 0.6 is 7.82 Å². The summed E-state index contributed by atoms with van der Waals surface area (Å²) in [4.78, 5) is 74.8. The van der Waals surface area contributed by atoms with Crippen molar-refractivity contribution in [3.8, 4) is 5.75 Å². The fourth-order valence-electron chi connectivity index (χ4n) is 5.40. The number of benzene rings is 1. The van der Waals surface area contributed by atoms with E-state index in [9.17, 15) is 37.4 Å². The summed E-state index contributed by atoms with van der Waals surface area (Å²) in [7, 11) is -5.01. The summed E-state index contributed by atoms with van der Waals surface area (Å²) < 4.78 is 58.0. The highest BCUT2D eigenvalue weighted by Gasteiger charge is 2.48. The molecule has 3 aliphatic heterocycles. The summed E-state index contributed by atoms with van der Waals surface area (Å²) in [5, 5.41) is 2.41. The first-order valence-electron chi connectivity index (χ1n) is 13.1. The molecule has 3 aliphatic rings. The third-order valence-corrected chi connectivity index (χ3v) is 7.78. The molecule has 0 bridgehead atoms. The van der Waals surface area contributed by atoms with Crippen molar-refractivity contribution in [2.24, 2.45) is 0 Å². The monoisotopic (exact) mass is 627 g/mol. The number of nitrogens with one attached hydrogen (secondary N) is 1. The molecule has 0 aliphatic carbocycles. The van der Waals surface area contributed by atoms with Crippen molar-refractivity contribution in [2.45, 2.75) is 38.1 Å². The third-order valence-electron chi connectivity index (χ3n) is 7.27. The van der Waals surface area contributed by atoms with E-state index in [4.69, 9.17) is 14.4 Å². The third kappa shape index (κ3) is 6.70. The molecule has 1 aromatic heterocycles. The largest absolute Gasteiger partial charge is 0.756 e. The number of rotatable bonds is 10. The van der Waals surface area contributed by atoms with Gasteiger partial charge in [0.1, 0.15) is 30.0 Å². The minimum Gasteiger partial charge on any atom is -0.756 e. The predicted octanol–water partition coefficient (Wildman–Crippen LogP) is 0.283. The lowest BCUT2D eigenvalue weighted by atomic mass is 10.1. The Bertz CT molecular complexity index is 1550. The van der Waals surface area contributed by atoms with Crippen molar-refractivity contribution >= 4 is 25.8 Å². The molecule has 2 amide bonds. The molecule has 2 fully saturated rings. The van der Waals surface area contributed by atoms with Gasteiger partial charge < -0.3 is 43.3 Å². The molecule has 18 heteroatoms. The van der Waals surface area contributed by atoms with Crippen LogP contribution in [-0.4, -0.2) is 82.5 Å². The molecule has 2 saturated heterocycles. The number of carbonyl (C=O) groups is 3. The summed E-state index contributed by atoms with van der Waals surface area (Å²) in [6.07, 6.45) is 1.42. The van der Waals surface area contributed by atoms with E-state index in [1.165, 1.54) is 10.8 Å². The van der Waals surface area contributed by atoms with Gasteiger partial charge >= 0.3 is 6.16 Å². The maximum Gasteiger partial charge on any atom is 0.511 e. The lowest BCUT2D eigenvalue weighted by Crippen LogP contribution is -2.50. The Morgan fingerprint density at radius 1 is 1.16 bits per heavy atom. The van der Waals surface area contributed by atoms with Crippen LogP contribution in [0.4, 0.5) is 13.6 Å². The van der Waals surface area contributed by atoms with Crippen molar-refractivity contribution in [1.29, 1.82) is 0 Å². The number of nitrogens with zero attached hydrogens (tertiary/aromatic N) is 3. The number of pyridine rings is 1. The Kier molecular flexibility index (Phi) is 8.80. The van der Waals surface area contributed by atoms with Crippen molar-refractivity contribution in [1.82, 2.24) is 19.7 Å². The van der Waals surface area contributed by atoms with Gasteiger partial charge in [-0.25, -0.2) is 13.6 Å². The van der Waals surface area contributed by atoms with Crippen LogP contribution in [0.3, 0.4) is 0 Å². The van der Waals surface area contributed by atoms with E-state index in [2.05, 4.69) is 19.5 Å². The van der Waals surface area contributed by atoms with Crippen LogP contribution in [0.15, 0.2) is 29.2 Å². The topological polar surface area (TPSA) is 189 Å². The maximum atomic E-state index is 14.1. The number of phosphoric ester groups is 1. The summed E-state index contributed by atoms with van der Waals surface area (Å²) in [5.74, 6) is -3.71. The number of ether oxygens (including phenoxy) is 3. The Morgan fingerprint density at radius 2 is 1.95 bits per heavy atom. The van der Waals surface area contributed by atoms with E-state index in [1.807, 2.05) is 0 Å². The molecular weight excluding hydrogens is 601 g/mol. The van der Waals surface area contributed by atoms with E-state index < -0.39 is 74.2 Å². The summed E-state index contributed by atoms with van der Waals surface area (Å²) >= 11 is 0. The van der Waals surface area contributed by atoms with Crippen molar-refractivity contribution in [3.05, 3.63) is 63.1 Å². The van der Waals surface area contributed by atoms with Gasteiger partial charge in [-0.05, 0) is 18.9 Å². The Labute approximate surface area is 242 Å². The Balaban J connectivity index is 1.35. The molecule has 4 heterocycles. The van der Waals surface area contributed by atoms with Crippen LogP contribution in [0.5, 0.6) is 5.75 Å². The molecule has 0 spiro atoms. The molecule has 15 nitrogen and oxygen atoms in total. The van der Waals surface area contributed by atoms with Gasteiger partial charge in [-0.2, -0.15) is 0 Å². The predicted molar refractivity (Wildman–Crippen MR) is 136 cm³/mol. The summed E-state index contributed by atoms with van der Waals surface area (Å²) in [6, 6.07) is 2.96. The van der Waals surface area contributed by atoms with Crippen LogP contribution < -0.4 is 20.4 Å². The molecular formula is C25H26F2N4O11P-. The van der Waals surface area contributed by atoms with Crippen LogP contribution in [0.2, 0.25) is 0 Å². The number of amides is 2. The first-order valence-corrected chi connectivity index (χ1v) is 14.6. The number of carbonyl (C=O) groups excluding carboxylic acids is 3. The summed E-state index contributed by atoms with van der Waals surface area (Å²) in [6.45, 7) is -1.18. The van der Waals surface area contributed by atoms with Crippen LogP contribution in [-0.2, 0) is 31.7 Å². The molecule has 232 valence electrons. The average Bonchev–Trinajstić information content (AvgIpc) is 3.54. The standard InChI is InChI=1S/C25H27F2N4O11P/c26-15-4-3-14(18(27)8-15)9-28-23(33)17-11-29-12-19-30-5-1-2-16(30)10-31(19)24(34)20(29)22(21(17)32)40-13-41-25(35)39-6-7-42-43(36,37)38/h3-4,8,11,16,19H,1-2,5-7,9-10,12-13H2,(H,28,33)(H2,36,37,38)/p-1/t16-,19+/m1/s1. The fourth-order valence-corrected chi connectivity index (χ4v) is 5.70. The summed E-state index contributed by atoms with van der Waals surface area (Å²) in [5.41, 5.74) is -1.64. The van der Waals surface area contributed by atoms with Gasteiger partial charge in [0.15, 0.2) is 5.69 Å². The molecule has 0 radical (unpaired) electrons. The number of hydrogen-bond donors (Lipinski definition) is 2. The first-order chi connectivity index (χ1) is 20.4. The molecule has 2 aromatic rings. The molecule has 3 atom stereocenters. The second-order valence-corrected chi connectivity index (χ2v) is 11.1. The van der Waals surface area contributed by atoms with Gasteiger partial charge in [0.05, 0.1) is 13.2 Å². The van der Waals surface area contributed by atoms with E-state index in [0.29, 0.717) is 12.6 Å². The first kappa shape index (κ1) is 30.6. The van der Waals surface area contributed by atoms with Crippen molar-refractivity contribution in [3.63, 3.8) is 0 Å². The van der Waals surface area contributed by atoms with Crippen molar-refractivity contribution in [2.75, 3.05) is 33.1 Å². The van der Waals surface area contributed by atoms with Gasteiger partial charge in [0.25, 0.3) is 19.6 Å². The minimum atomic E-state index is -5.01. The van der Waals surface area contributed by atoms with Crippen LogP contribution in [0, 0.1) is 11.6 Å². The highest BCUT2D eigenvalue weighted by atomic mass is 31.2. The zero-order valence-corrected chi connectivity index (χ0v) is 23.3.